The van der Waals surface area contributed by atoms with Crippen LogP contribution in [0, 0.1) is 11.8 Å². The van der Waals surface area contributed by atoms with Gasteiger partial charge in [0.05, 0.1) is 18.4 Å². The average Bonchev–Trinajstić information content (AvgIpc) is 2.62. The fourth-order valence-electron chi connectivity index (χ4n) is 2.73. The van der Waals surface area contributed by atoms with Gasteiger partial charge < -0.3 is 4.74 Å². The number of hydrogen-bond acceptors (Lipinski definition) is 4. The van der Waals surface area contributed by atoms with Crippen LogP contribution in [-0.4, -0.2) is 29.3 Å². The molecule has 2 amide bonds. The zero-order valence-corrected chi connectivity index (χ0v) is 10.5. The lowest BCUT2D eigenvalue weighted by Gasteiger charge is -2.19. The Morgan fingerprint density at radius 2 is 1.78 bits per heavy atom. The van der Waals surface area contributed by atoms with Crippen LogP contribution in [0.15, 0.2) is 12.3 Å². The van der Waals surface area contributed by atoms with E-state index in [0.29, 0.717) is 0 Å². The van der Waals surface area contributed by atoms with Crippen LogP contribution in [0.3, 0.4) is 0 Å². The van der Waals surface area contributed by atoms with Crippen molar-refractivity contribution in [3.8, 4) is 0 Å². The molecular weight excluding hydrogens is 234 g/mol. The summed E-state index contributed by atoms with van der Waals surface area (Å²) in [6, 6.07) is 0. The quantitative estimate of drug-likeness (QED) is 0.430. The van der Waals surface area contributed by atoms with E-state index in [1.807, 2.05) is 0 Å². The van der Waals surface area contributed by atoms with Gasteiger partial charge in [0.1, 0.15) is 5.70 Å². The molecule has 1 saturated heterocycles. The van der Waals surface area contributed by atoms with Gasteiger partial charge in [-0.15, -0.1) is 0 Å². The van der Waals surface area contributed by atoms with Gasteiger partial charge in [-0.3, -0.25) is 9.59 Å². The molecule has 1 saturated carbocycles. The third-order valence-electron chi connectivity index (χ3n) is 3.62. The van der Waals surface area contributed by atoms with E-state index in [9.17, 15) is 14.4 Å². The molecule has 0 aromatic rings. The fourth-order valence-corrected chi connectivity index (χ4v) is 2.73. The molecule has 2 rings (SSSR count). The number of carbonyl (C=O) groups excluding carboxylic acids is 3. The molecular formula is C13H17NO4. The zero-order valence-electron chi connectivity index (χ0n) is 10.5. The zero-order chi connectivity index (χ0) is 13.3. The number of fused-ring (bicyclic) bond motifs is 1. The Hall–Kier alpha value is -1.65. The summed E-state index contributed by atoms with van der Waals surface area (Å²) >= 11 is 0. The van der Waals surface area contributed by atoms with Crippen molar-refractivity contribution in [3.63, 3.8) is 0 Å². The molecule has 1 aliphatic carbocycles. The summed E-state index contributed by atoms with van der Waals surface area (Å²) in [5, 5.41) is 0. The summed E-state index contributed by atoms with van der Waals surface area (Å²) in [5.74, 6) is -1.81. The lowest BCUT2D eigenvalue weighted by molar-refractivity contribution is -0.147. The Bertz CT molecular complexity index is 391. The van der Waals surface area contributed by atoms with Gasteiger partial charge in [-0.1, -0.05) is 19.4 Å². The van der Waals surface area contributed by atoms with Gasteiger partial charge in [-0.2, -0.15) is 0 Å². The van der Waals surface area contributed by atoms with Crippen molar-refractivity contribution in [2.45, 2.75) is 32.6 Å². The predicted molar refractivity (Wildman–Crippen MR) is 63.1 cm³/mol. The normalized spacial score (nSPS) is 27.1. The van der Waals surface area contributed by atoms with E-state index in [4.69, 9.17) is 4.74 Å². The van der Waals surface area contributed by atoms with E-state index < -0.39 is 5.97 Å². The molecule has 2 atom stereocenters. The molecule has 0 aromatic heterocycles. The molecule has 2 fully saturated rings. The largest absolute Gasteiger partial charge is 0.461 e. The third-order valence-corrected chi connectivity index (χ3v) is 3.62. The monoisotopic (exact) mass is 251 g/mol. The van der Waals surface area contributed by atoms with Crippen LogP contribution in [0.5, 0.6) is 0 Å². The van der Waals surface area contributed by atoms with Crippen LogP contribution in [0.2, 0.25) is 0 Å². The van der Waals surface area contributed by atoms with Gasteiger partial charge in [-0.05, 0) is 19.8 Å². The van der Waals surface area contributed by atoms with Crippen LogP contribution in [-0.2, 0) is 19.1 Å². The van der Waals surface area contributed by atoms with E-state index in [1.54, 1.807) is 6.92 Å². The van der Waals surface area contributed by atoms with Gasteiger partial charge in [0, 0.05) is 0 Å². The van der Waals surface area contributed by atoms with Gasteiger partial charge in [0.15, 0.2) is 0 Å². The molecule has 98 valence electrons. The standard InChI is InChI=1S/C13H17NO4/c1-3-18-13(17)8(2)14-11(15)9-6-4-5-7-10(9)12(14)16/h9-10H,2-7H2,1H3. The second kappa shape index (κ2) is 4.92. The molecule has 5 heteroatoms. The summed E-state index contributed by atoms with van der Waals surface area (Å²) in [6.45, 7) is 5.38. The lowest BCUT2D eigenvalue weighted by Crippen LogP contribution is -2.34. The highest BCUT2D eigenvalue weighted by Gasteiger charge is 2.50. The SMILES string of the molecule is C=C(C(=O)OCC)N1C(=O)C2CCCCC2C1=O. The number of esters is 1. The molecule has 0 spiro atoms. The van der Waals surface area contributed by atoms with Crippen molar-refractivity contribution in [1.29, 1.82) is 0 Å². The van der Waals surface area contributed by atoms with Crippen molar-refractivity contribution >= 4 is 17.8 Å². The van der Waals surface area contributed by atoms with Crippen molar-refractivity contribution in [2.24, 2.45) is 11.8 Å². The van der Waals surface area contributed by atoms with Crippen LogP contribution in [0.1, 0.15) is 32.6 Å². The number of carbonyl (C=O) groups is 3. The van der Waals surface area contributed by atoms with Gasteiger partial charge in [0.25, 0.3) is 0 Å². The van der Waals surface area contributed by atoms with Gasteiger partial charge in [-0.25, -0.2) is 9.69 Å². The fraction of sp³-hybridized carbons (Fsp3) is 0.615. The number of amides is 2. The Morgan fingerprint density at radius 3 is 2.22 bits per heavy atom. The minimum atomic E-state index is -0.696. The van der Waals surface area contributed by atoms with Crippen LogP contribution in [0.4, 0.5) is 0 Å². The van der Waals surface area contributed by atoms with Crippen LogP contribution in [0.25, 0.3) is 0 Å². The van der Waals surface area contributed by atoms with E-state index >= 15 is 0 Å². The van der Waals surface area contributed by atoms with Crippen LogP contribution >= 0.6 is 0 Å². The first-order chi connectivity index (χ1) is 8.57. The van der Waals surface area contributed by atoms with E-state index in [-0.39, 0.29) is 36.0 Å². The van der Waals surface area contributed by atoms with Crippen molar-refractivity contribution in [3.05, 3.63) is 12.3 Å². The highest BCUT2D eigenvalue weighted by molar-refractivity contribution is 6.11. The number of likely N-dealkylation sites (tertiary alicyclic amines) is 1. The lowest BCUT2D eigenvalue weighted by atomic mass is 9.81. The first-order valence-electron chi connectivity index (χ1n) is 6.31. The highest BCUT2D eigenvalue weighted by atomic mass is 16.5. The van der Waals surface area contributed by atoms with E-state index in [0.717, 1.165) is 30.6 Å². The maximum atomic E-state index is 12.1. The van der Waals surface area contributed by atoms with Gasteiger partial charge in [0.2, 0.25) is 11.8 Å². The molecule has 1 heterocycles. The highest BCUT2D eigenvalue weighted by Crippen LogP contribution is 2.39. The summed E-state index contributed by atoms with van der Waals surface area (Å²) < 4.78 is 4.78. The number of nitrogens with zero attached hydrogens (tertiary/aromatic N) is 1. The molecule has 5 nitrogen and oxygen atoms in total. The minimum Gasteiger partial charge on any atom is -0.461 e. The molecule has 0 N–H and O–H groups in total. The van der Waals surface area contributed by atoms with Crippen molar-refractivity contribution in [1.82, 2.24) is 4.90 Å². The van der Waals surface area contributed by atoms with E-state index in [1.165, 1.54) is 0 Å². The van der Waals surface area contributed by atoms with Crippen molar-refractivity contribution < 1.29 is 19.1 Å². The van der Waals surface area contributed by atoms with E-state index in [2.05, 4.69) is 6.58 Å². The van der Waals surface area contributed by atoms with Crippen molar-refractivity contribution in [2.75, 3.05) is 6.61 Å². The second-order valence-electron chi connectivity index (χ2n) is 4.68. The number of hydrogen-bond donors (Lipinski definition) is 0. The molecule has 0 bridgehead atoms. The first kappa shape index (κ1) is 12.8. The number of rotatable bonds is 3. The number of ether oxygens (including phenoxy) is 1. The predicted octanol–water partition coefficient (Wildman–Crippen LogP) is 1.24. The van der Waals surface area contributed by atoms with Gasteiger partial charge >= 0.3 is 5.97 Å². The first-order valence-corrected chi connectivity index (χ1v) is 6.31. The maximum Gasteiger partial charge on any atom is 0.354 e. The molecule has 2 aliphatic rings. The molecule has 2 unspecified atom stereocenters. The Labute approximate surface area is 106 Å². The topological polar surface area (TPSA) is 63.7 Å². The summed E-state index contributed by atoms with van der Waals surface area (Å²) in [4.78, 5) is 36.8. The Morgan fingerprint density at radius 1 is 1.28 bits per heavy atom. The Kier molecular flexibility index (Phi) is 3.50. The number of imide groups is 1. The summed E-state index contributed by atoms with van der Waals surface area (Å²) in [6.07, 6.45) is 3.36. The molecule has 18 heavy (non-hydrogen) atoms. The second-order valence-corrected chi connectivity index (χ2v) is 4.68. The van der Waals surface area contributed by atoms with Crippen LogP contribution < -0.4 is 0 Å². The summed E-state index contributed by atoms with van der Waals surface area (Å²) in [7, 11) is 0. The molecule has 0 radical (unpaired) electrons. The third kappa shape index (κ3) is 1.94. The maximum absolute atomic E-state index is 12.1. The molecule has 0 aromatic carbocycles. The minimum absolute atomic E-state index is 0.152. The summed E-state index contributed by atoms with van der Waals surface area (Å²) in [5.41, 5.74) is -0.152. The Balaban J connectivity index is 2.18. The average molecular weight is 251 g/mol. The molecule has 1 aliphatic heterocycles. The smallest absolute Gasteiger partial charge is 0.354 e.